The van der Waals surface area contributed by atoms with Crippen LogP contribution in [0.3, 0.4) is 0 Å². The maximum absolute atomic E-state index is 15.1. The van der Waals surface area contributed by atoms with Crippen molar-refractivity contribution in [2.45, 2.75) is 128 Å². The van der Waals surface area contributed by atoms with E-state index >= 15 is 4.79 Å². The first-order valence-electron chi connectivity index (χ1n) is 23.4. The minimum Gasteiger partial charge on any atom is -0.469 e. The number of carbonyl (C=O) groups is 3. The van der Waals surface area contributed by atoms with Crippen LogP contribution in [0.4, 0.5) is 52.7 Å². The van der Waals surface area contributed by atoms with Crippen LogP contribution < -0.4 is 5.32 Å². The number of ether oxygens (including phenoxy) is 1. The molecule has 4 aliphatic heterocycles. The summed E-state index contributed by atoms with van der Waals surface area (Å²) < 4.78 is 172. The number of rotatable bonds is 10. The lowest BCUT2D eigenvalue weighted by Gasteiger charge is -2.27. The van der Waals surface area contributed by atoms with Crippen LogP contribution in [-0.4, -0.2) is 55.8 Å². The number of nitrogens with zero attached hydrogens (tertiary/aromatic N) is 3. The monoisotopic (exact) mass is 1050 g/mol. The number of fused-ring (bicyclic) bond motifs is 8. The van der Waals surface area contributed by atoms with Gasteiger partial charge in [0.05, 0.1) is 69.6 Å². The molecule has 0 saturated carbocycles. The molecule has 3 N–H and O–H groups in total. The van der Waals surface area contributed by atoms with Gasteiger partial charge in [-0.1, -0.05) is 20.8 Å². The van der Waals surface area contributed by atoms with Gasteiger partial charge in [0.2, 0.25) is 0 Å². The summed E-state index contributed by atoms with van der Waals surface area (Å²) >= 11 is 0. The van der Waals surface area contributed by atoms with E-state index in [0.717, 1.165) is 0 Å². The summed E-state index contributed by atoms with van der Waals surface area (Å²) in [5, 5.41) is 3.09. The van der Waals surface area contributed by atoms with Gasteiger partial charge in [0, 0.05) is 65.3 Å². The van der Waals surface area contributed by atoms with Crippen LogP contribution >= 0.6 is 0 Å². The van der Waals surface area contributed by atoms with Gasteiger partial charge in [-0.3, -0.25) is 24.3 Å². The van der Waals surface area contributed by atoms with E-state index in [4.69, 9.17) is 14.7 Å². The number of aromatic nitrogens is 4. The van der Waals surface area contributed by atoms with E-state index in [-0.39, 0.29) is 70.3 Å². The van der Waals surface area contributed by atoms with Crippen molar-refractivity contribution in [2.24, 2.45) is 0 Å². The maximum atomic E-state index is 15.1. The van der Waals surface area contributed by atoms with Crippen molar-refractivity contribution >= 4 is 40.0 Å². The van der Waals surface area contributed by atoms with Crippen LogP contribution in [0.1, 0.15) is 171 Å². The van der Waals surface area contributed by atoms with Gasteiger partial charge in [-0.15, -0.1) is 0 Å². The minimum absolute atomic E-state index is 0.00575. The summed E-state index contributed by atoms with van der Waals surface area (Å²) in [4.78, 5) is 59.7. The van der Waals surface area contributed by atoms with Gasteiger partial charge in [0.25, 0.3) is 11.8 Å². The zero-order valence-corrected chi connectivity index (χ0v) is 40.6. The Bertz CT molecular complexity index is 3140. The molecule has 394 valence electrons. The molecule has 2 aromatic heterocycles. The van der Waals surface area contributed by atoms with E-state index in [2.05, 4.69) is 15.3 Å². The fraction of sp³-hybridized carbons (Fsp3) is 0.404. The first-order valence-corrected chi connectivity index (χ1v) is 23.4. The summed E-state index contributed by atoms with van der Waals surface area (Å²) in [5.74, 6) is -4.59. The number of carbonyl (C=O) groups excluding carboxylic acids is 3. The van der Waals surface area contributed by atoms with E-state index < -0.39 is 101 Å². The number of allylic oxidation sites excluding steroid dienone is 1. The highest BCUT2D eigenvalue weighted by Gasteiger charge is 2.44. The van der Waals surface area contributed by atoms with Crippen molar-refractivity contribution in [3.63, 3.8) is 0 Å². The summed E-state index contributed by atoms with van der Waals surface area (Å²) in [6.07, 6.45) is -20.2. The topological polar surface area (TPSA) is 133 Å². The molecular weight excluding hydrogens is 1000 g/mol. The first-order chi connectivity index (χ1) is 34.4. The number of alkyl halides is 12. The van der Waals surface area contributed by atoms with Crippen LogP contribution in [0.25, 0.3) is 22.2 Å². The second kappa shape index (κ2) is 19.2. The third kappa shape index (κ3) is 10.1. The molecule has 0 saturated heterocycles. The van der Waals surface area contributed by atoms with Crippen molar-refractivity contribution in [1.82, 2.24) is 30.2 Å². The molecule has 2 aromatic carbocycles. The lowest BCUT2D eigenvalue weighted by Crippen LogP contribution is -2.40. The fourth-order valence-electron chi connectivity index (χ4n) is 10.4. The van der Waals surface area contributed by atoms with Crippen molar-refractivity contribution < 1.29 is 71.8 Å². The van der Waals surface area contributed by atoms with Crippen LogP contribution in [0.15, 0.2) is 54.6 Å². The summed E-state index contributed by atoms with van der Waals surface area (Å²) in [7, 11) is 1.17. The molecule has 0 aliphatic carbocycles. The number of imide groups is 1. The fourth-order valence-corrected chi connectivity index (χ4v) is 10.4. The highest BCUT2D eigenvalue weighted by molar-refractivity contribution is 6.23. The number of benzene rings is 2. The van der Waals surface area contributed by atoms with Gasteiger partial charge in [-0.05, 0) is 116 Å². The number of halogens is 12. The third-order valence-corrected chi connectivity index (χ3v) is 14.4. The molecule has 10 nitrogen and oxygen atoms in total. The highest BCUT2D eigenvalue weighted by Crippen LogP contribution is 2.47. The smallest absolute Gasteiger partial charge is 0.416 e. The molecule has 4 unspecified atom stereocenters. The Hall–Kier alpha value is -6.71. The van der Waals surface area contributed by atoms with Crippen molar-refractivity contribution in [3.8, 4) is 0 Å². The summed E-state index contributed by atoms with van der Waals surface area (Å²) in [6.45, 7) is 9.18. The zero-order chi connectivity index (χ0) is 54.3. The van der Waals surface area contributed by atoms with E-state index in [9.17, 15) is 62.3 Å². The quantitative estimate of drug-likeness (QED) is 0.0818. The van der Waals surface area contributed by atoms with Crippen molar-refractivity contribution in [1.29, 1.82) is 0 Å². The second-order valence-electron chi connectivity index (χ2n) is 19.0. The average Bonchev–Trinajstić information content (AvgIpc) is 4.00. The molecule has 4 aliphatic rings. The molecule has 74 heavy (non-hydrogen) atoms. The Morgan fingerprint density at radius 2 is 1.26 bits per heavy atom. The van der Waals surface area contributed by atoms with Crippen LogP contribution in [0.5, 0.6) is 0 Å². The number of aryl methyl sites for hydroxylation is 1. The number of nitrogens with one attached hydrogen (secondary N) is 3. The molecule has 0 fully saturated rings. The standard InChI is InChI=1S/C52H48F12N6O4/c1-8-33-22(2)35-19-40-42(26(6)65-20-27-11-29(49(53,54)55)15-30(12-27)50(56,57)58)24(4)37(67-40)17-36-23(3)34(9-10-41(71)74-7)45(68-36)44-46-43(25(5)38(69-46)18-39(33)66-35)47(72)70(48(44)73)21-28-13-31(51(59,60)61)16-32(14-28)52(62,63)64/h11-19,22-23,26,33-34,65-66,69H,8-10,20-21H2,1-7H3/t22?,23?,26?,33?,34-/m0/s1. The number of hydrogen-bond acceptors (Lipinski definition) is 7. The molecule has 6 heterocycles. The van der Waals surface area contributed by atoms with E-state index in [1.54, 1.807) is 45.9 Å². The largest absolute Gasteiger partial charge is 0.469 e. The molecule has 22 heteroatoms. The van der Waals surface area contributed by atoms with Crippen molar-refractivity contribution in [2.75, 3.05) is 7.11 Å². The van der Waals surface area contributed by atoms with Crippen LogP contribution in [0, 0.1) is 6.92 Å². The maximum Gasteiger partial charge on any atom is 0.416 e. The van der Waals surface area contributed by atoms with Gasteiger partial charge in [-0.2, -0.15) is 52.7 Å². The molecule has 8 rings (SSSR count). The number of H-pyrrole nitrogens is 2. The molecule has 8 bridgehead atoms. The summed E-state index contributed by atoms with van der Waals surface area (Å²) in [5.41, 5.74) is -3.39. The molecular formula is C52H48F12N6O4. The van der Waals surface area contributed by atoms with E-state index in [0.29, 0.717) is 80.7 Å². The Morgan fingerprint density at radius 3 is 1.80 bits per heavy atom. The van der Waals surface area contributed by atoms with Gasteiger partial charge in [-0.25, -0.2) is 4.98 Å². The predicted molar refractivity (Wildman–Crippen MR) is 247 cm³/mol. The number of aromatic amines is 2. The number of amides is 2. The lowest BCUT2D eigenvalue weighted by atomic mass is 9.84. The Balaban J connectivity index is 1.36. The van der Waals surface area contributed by atoms with Gasteiger partial charge in [0.15, 0.2) is 0 Å². The van der Waals surface area contributed by atoms with Gasteiger partial charge >= 0.3 is 30.7 Å². The normalized spacial score (nSPS) is 19.3. The van der Waals surface area contributed by atoms with Crippen LogP contribution in [-0.2, 0) is 47.3 Å². The zero-order valence-electron chi connectivity index (χ0n) is 40.6. The number of esters is 1. The lowest BCUT2D eigenvalue weighted by molar-refractivity contribution is -0.144. The van der Waals surface area contributed by atoms with Crippen LogP contribution in [0.2, 0.25) is 0 Å². The Labute approximate surface area is 415 Å². The van der Waals surface area contributed by atoms with Crippen molar-refractivity contribution in [3.05, 3.63) is 139 Å². The molecule has 0 radical (unpaired) electrons. The average molecular weight is 1050 g/mol. The number of methoxy groups -OCH3 is 1. The van der Waals surface area contributed by atoms with Gasteiger partial charge < -0.3 is 20.0 Å². The molecule has 4 aromatic rings. The second-order valence-corrected chi connectivity index (χ2v) is 19.0. The van der Waals surface area contributed by atoms with E-state index in [1.165, 1.54) is 7.11 Å². The molecule has 2 amide bonds. The Kier molecular flexibility index (Phi) is 13.9. The Morgan fingerprint density at radius 1 is 0.703 bits per heavy atom. The predicted octanol–water partition coefficient (Wildman–Crippen LogP) is 13.5. The highest BCUT2D eigenvalue weighted by atomic mass is 19.4. The SMILES string of the molecule is CCC1c2cc3[nH]c4c(c5nc(cc6nc(cc([nH]2)C1C)C(C(C)NCc1cc(C(F)(F)F)cc(C(F)(F)F)c1)=C6C)C(C)[C@@H]5CCC(=O)OC)C(=O)N(Cc1cc(C(F)(F)F)cc(C(F)(F)F)c1)C(=O)c4c3C. The number of hydrogen-bond donors (Lipinski definition) is 3. The molecule has 0 spiro atoms. The van der Waals surface area contributed by atoms with Gasteiger partial charge in [0.1, 0.15) is 0 Å². The molecule has 5 atom stereocenters. The minimum atomic E-state index is -5.24. The third-order valence-electron chi connectivity index (χ3n) is 14.4. The van der Waals surface area contributed by atoms with E-state index in [1.807, 2.05) is 13.8 Å². The summed E-state index contributed by atoms with van der Waals surface area (Å²) in [6, 6.07) is 6.55. The first kappa shape index (κ1) is 53.6.